The maximum atomic E-state index is 13.3. The molecule has 7 nitrogen and oxygen atoms in total. The summed E-state index contributed by atoms with van der Waals surface area (Å²) in [6.45, 7) is 1.93. The normalized spacial score (nSPS) is 27.1. The maximum Gasteiger partial charge on any atom is 0.226 e. The molecule has 0 radical (unpaired) electrons. The Labute approximate surface area is 157 Å². The van der Waals surface area contributed by atoms with Gasteiger partial charge in [-0.1, -0.05) is 24.1 Å². The molecule has 2 fully saturated rings. The van der Waals surface area contributed by atoms with Crippen LogP contribution in [0.3, 0.4) is 0 Å². The minimum atomic E-state index is -0.0692. The number of nitrogens with zero attached hydrogens (tertiary/aromatic N) is 3. The summed E-state index contributed by atoms with van der Waals surface area (Å²) in [7, 11) is 0. The second kappa shape index (κ2) is 6.87. The van der Waals surface area contributed by atoms with Gasteiger partial charge in [0.25, 0.3) is 0 Å². The van der Waals surface area contributed by atoms with E-state index in [4.69, 9.17) is 14.0 Å². The van der Waals surface area contributed by atoms with E-state index in [1.807, 2.05) is 17.0 Å². The van der Waals surface area contributed by atoms with Crippen LogP contribution in [0.4, 0.5) is 0 Å². The Kier molecular flexibility index (Phi) is 4.22. The van der Waals surface area contributed by atoms with Crippen LogP contribution in [0, 0.1) is 5.92 Å². The molecule has 1 aromatic heterocycles. The van der Waals surface area contributed by atoms with Crippen LogP contribution < -0.4 is 9.47 Å². The van der Waals surface area contributed by atoms with Crippen molar-refractivity contribution in [1.29, 1.82) is 0 Å². The predicted octanol–water partition coefficient (Wildman–Crippen LogP) is 3.09. The number of aromatic nitrogens is 2. The zero-order valence-electron chi connectivity index (χ0n) is 15.2. The van der Waals surface area contributed by atoms with Gasteiger partial charge in [0, 0.05) is 12.5 Å². The number of amides is 1. The number of fused-ring (bicyclic) bond motifs is 1. The van der Waals surface area contributed by atoms with Crippen LogP contribution in [0.25, 0.3) is 0 Å². The predicted molar refractivity (Wildman–Crippen MR) is 95.5 cm³/mol. The van der Waals surface area contributed by atoms with Crippen LogP contribution in [-0.4, -0.2) is 40.7 Å². The van der Waals surface area contributed by atoms with Gasteiger partial charge in [-0.25, -0.2) is 0 Å². The lowest BCUT2D eigenvalue weighted by molar-refractivity contribution is -0.135. The zero-order chi connectivity index (χ0) is 18.2. The first-order valence-electron chi connectivity index (χ1n) is 9.77. The molecule has 3 aliphatic rings. The molecule has 3 heterocycles. The lowest BCUT2D eigenvalue weighted by Gasteiger charge is -2.28. The summed E-state index contributed by atoms with van der Waals surface area (Å²) in [5.41, 5.74) is 1.16. The Morgan fingerprint density at radius 3 is 2.85 bits per heavy atom. The van der Waals surface area contributed by atoms with Crippen molar-refractivity contribution in [3.8, 4) is 11.5 Å². The molecule has 1 saturated heterocycles. The molecule has 0 N–H and O–H groups in total. The fourth-order valence-electron chi connectivity index (χ4n) is 4.31. The molecule has 1 saturated carbocycles. The van der Waals surface area contributed by atoms with Crippen molar-refractivity contribution in [1.82, 2.24) is 15.0 Å². The van der Waals surface area contributed by atoms with E-state index in [9.17, 15) is 4.79 Å². The Morgan fingerprint density at radius 2 is 2.00 bits per heavy atom. The Balaban J connectivity index is 1.33. The molecule has 0 spiro atoms. The third kappa shape index (κ3) is 3.15. The van der Waals surface area contributed by atoms with Gasteiger partial charge in [-0.05, 0) is 42.9 Å². The highest BCUT2D eigenvalue weighted by Gasteiger charge is 2.47. The fraction of sp³-hybridized carbons (Fsp3) is 0.550. The Morgan fingerprint density at radius 1 is 1.11 bits per heavy atom. The summed E-state index contributed by atoms with van der Waals surface area (Å²) in [5.74, 6) is 2.70. The molecule has 27 heavy (non-hydrogen) atoms. The summed E-state index contributed by atoms with van der Waals surface area (Å²) in [4.78, 5) is 19.5. The van der Waals surface area contributed by atoms with Crippen molar-refractivity contribution in [3.05, 3.63) is 36.0 Å². The zero-order valence-corrected chi connectivity index (χ0v) is 15.2. The van der Waals surface area contributed by atoms with Crippen molar-refractivity contribution < 1.29 is 18.8 Å². The summed E-state index contributed by atoms with van der Waals surface area (Å²) < 4.78 is 16.2. The lowest BCUT2D eigenvalue weighted by Crippen LogP contribution is -2.36. The SMILES string of the molecule is O=C(C1CC1c1ccc2c(c1)OCCO2)N1CCCCCC1c1ncon1. The number of ether oxygens (including phenoxy) is 2. The summed E-state index contributed by atoms with van der Waals surface area (Å²) in [6.07, 6.45) is 6.37. The van der Waals surface area contributed by atoms with Crippen LogP contribution in [0.5, 0.6) is 11.5 Å². The smallest absolute Gasteiger partial charge is 0.226 e. The minimum absolute atomic E-state index is 0.0278. The second-order valence-electron chi connectivity index (χ2n) is 7.54. The molecule has 5 rings (SSSR count). The van der Waals surface area contributed by atoms with Crippen LogP contribution in [0.2, 0.25) is 0 Å². The Bertz CT molecular complexity index is 823. The number of rotatable bonds is 3. The van der Waals surface area contributed by atoms with E-state index in [-0.39, 0.29) is 23.8 Å². The number of likely N-dealkylation sites (tertiary alicyclic amines) is 1. The summed E-state index contributed by atoms with van der Waals surface area (Å²) in [6, 6.07) is 5.98. The number of benzene rings is 1. The van der Waals surface area contributed by atoms with Gasteiger partial charge in [0.15, 0.2) is 17.3 Å². The van der Waals surface area contributed by atoms with E-state index < -0.39 is 0 Å². The molecule has 3 unspecified atom stereocenters. The highest BCUT2D eigenvalue weighted by Crippen LogP contribution is 2.51. The molecule has 142 valence electrons. The monoisotopic (exact) mass is 369 g/mol. The van der Waals surface area contributed by atoms with Gasteiger partial charge in [0.1, 0.15) is 13.2 Å². The molecule has 1 amide bonds. The van der Waals surface area contributed by atoms with Crippen LogP contribution in [0.1, 0.15) is 55.5 Å². The first kappa shape index (κ1) is 16.6. The quantitative estimate of drug-likeness (QED) is 0.827. The number of carbonyl (C=O) groups is 1. The standard InChI is InChI=1S/C20H23N3O4/c24-20(23-7-3-1-2-4-16(23)19-21-12-27-22-19)15-11-14(15)13-5-6-17-18(10-13)26-9-8-25-17/h5-6,10,12,14-16H,1-4,7-9,11H2. The highest BCUT2D eigenvalue weighted by atomic mass is 16.6. The maximum absolute atomic E-state index is 13.3. The van der Waals surface area contributed by atoms with Gasteiger partial charge in [0.2, 0.25) is 12.3 Å². The average molecular weight is 369 g/mol. The van der Waals surface area contributed by atoms with Crippen molar-refractivity contribution in [2.75, 3.05) is 19.8 Å². The fourth-order valence-corrected chi connectivity index (χ4v) is 4.31. The molecule has 2 aliphatic heterocycles. The van der Waals surface area contributed by atoms with Crippen molar-refractivity contribution in [2.45, 2.75) is 44.1 Å². The molecule has 1 aromatic carbocycles. The van der Waals surface area contributed by atoms with E-state index in [2.05, 4.69) is 16.2 Å². The van der Waals surface area contributed by atoms with Crippen LogP contribution in [0.15, 0.2) is 29.1 Å². The lowest BCUT2D eigenvalue weighted by atomic mass is 10.1. The molecular weight excluding hydrogens is 346 g/mol. The van der Waals surface area contributed by atoms with Crippen LogP contribution in [-0.2, 0) is 4.79 Å². The summed E-state index contributed by atoms with van der Waals surface area (Å²) in [5, 5.41) is 4.01. The van der Waals surface area contributed by atoms with Gasteiger partial charge in [0.05, 0.1) is 6.04 Å². The first-order chi connectivity index (χ1) is 13.3. The number of hydrogen-bond acceptors (Lipinski definition) is 6. The molecule has 3 atom stereocenters. The molecule has 1 aliphatic carbocycles. The van der Waals surface area contributed by atoms with Crippen LogP contribution >= 0.6 is 0 Å². The van der Waals surface area contributed by atoms with Crippen molar-refractivity contribution in [2.24, 2.45) is 5.92 Å². The highest BCUT2D eigenvalue weighted by molar-refractivity contribution is 5.83. The third-order valence-corrected chi connectivity index (χ3v) is 5.81. The molecule has 2 aromatic rings. The van der Waals surface area contributed by atoms with Gasteiger partial charge in [-0.15, -0.1) is 0 Å². The van der Waals surface area contributed by atoms with Gasteiger partial charge in [-0.3, -0.25) is 4.79 Å². The van der Waals surface area contributed by atoms with Gasteiger partial charge < -0.3 is 18.9 Å². The van der Waals surface area contributed by atoms with E-state index in [0.717, 1.165) is 55.7 Å². The summed E-state index contributed by atoms with van der Waals surface area (Å²) >= 11 is 0. The average Bonchev–Trinajstić information content (AvgIpc) is 3.40. The van der Waals surface area contributed by atoms with E-state index in [1.54, 1.807) is 0 Å². The Hall–Kier alpha value is -2.57. The van der Waals surface area contributed by atoms with E-state index in [0.29, 0.717) is 19.0 Å². The topological polar surface area (TPSA) is 77.7 Å². The second-order valence-corrected chi connectivity index (χ2v) is 7.54. The molecule has 0 bridgehead atoms. The van der Waals surface area contributed by atoms with Gasteiger partial charge in [-0.2, -0.15) is 4.98 Å². The van der Waals surface area contributed by atoms with Crippen molar-refractivity contribution in [3.63, 3.8) is 0 Å². The van der Waals surface area contributed by atoms with E-state index in [1.165, 1.54) is 6.39 Å². The molecule has 7 heteroatoms. The number of hydrogen-bond donors (Lipinski definition) is 0. The molecular formula is C20H23N3O4. The third-order valence-electron chi connectivity index (χ3n) is 5.81. The largest absolute Gasteiger partial charge is 0.486 e. The van der Waals surface area contributed by atoms with Crippen molar-refractivity contribution >= 4 is 5.91 Å². The minimum Gasteiger partial charge on any atom is -0.486 e. The van der Waals surface area contributed by atoms with Gasteiger partial charge >= 0.3 is 0 Å². The van der Waals surface area contributed by atoms with E-state index >= 15 is 0 Å². The first-order valence-corrected chi connectivity index (χ1v) is 9.77. The number of carbonyl (C=O) groups excluding carboxylic acids is 1.